The Balaban J connectivity index is 1.59. The van der Waals surface area contributed by atoms with Crippen molar-refractivity contribution >= 4 is 27.5 Å². The highest BCUT2D eigenvalue weighted by molar-refractivity contribution is 7.89. The summed E-state index contributed by atoms with van der Waals surface area (Å²) in [6.45, 7) is 1.77. The van der Waals surface area contributed by atoms with Crippen molar-refractivity contribution in [2.75, 3.05) is 19.6 Å². The monoisotopic (exact) mass is 477 g/mol. The summed E-state index contributed by atoms with van der Waals surface area (Å²) in [7, 11) is -2.19. The molecule has 3 aromatic rings. The van der Waals surface area contributed by atoms with Crippen molar-refractivity contribution in [1.82, 2.24) is 24.4 Å². The second-order valence-corrected chi connectivity index (χ2v) is 10.2. The van der Waals surface area contributed by atoms with Gasteiger partial charge in [0.15, 0.2) is 0 Å². The average Bonchev–Trinajstić information content (AvgIpc) is 3.15. The molecule has 0 atom stereocenters. The predicted octanol–water partition coefficient (Wildman–Crippen LogP) is 2.29. The average molecular weight is 478 g/mol. The number of carbonyl (C=O) groups is 1. The minimum Gasteiger partial charge on any atom is -0.351 e. The first-order chi connectivity index (χ1) is 15.1. The Morgan fingerprint density at radius 2 is 2.06 bits per heavy atom. The topological polar surface area (TPSA) is 97.2 Å². The van der Waals surface area contributed by atoms with Gasteiger partial charge in [-0.15, -0.1) is 0 Å². The van der Waals surface area contributed by atoms with E-state index in [1.54, 1.807) is 25.2 Å². The zero-order valence-electron chi connectivity index (χ0n) is 17.4. The molecule has 11 heteroatoms. The van der Waals surface area contributed by atoms with E-state index in [1.165, 1.54) is 39.7 Å². The Morgan fingerprint density at radius 1 is 1.31 bits per heavy atom. The Labute approximate surface area is 190 Å². The van der Waals surface area contributed by atoms with Gasteiger partial charge in [0.25, 0.3) is 5.91 Å². The maximum absolute atomic E-state index is 14.6. The summed E-state index contributed by atoms with van der Waals surface area (Å²) < 4.78 is 43.1. The molecule has 0 radical (unpaired) electrons. The van der Waals surface area contributed by atoms with Crippen LogP contribution in [0.5, 0.6) is 0 Å². The third-order valence-electron chi connectivity index (χ3n) is 5.49. The second-order valence-electron chi connectivity index (χ2n) is 7.90. The van der Waals surface area contributed by atoms with Crippen LogP contribution in [0.25, 0.3) is 0 Å². The highest BCUT2D eigenvalue weighted by Gasteiger charge is 2.52. The fraction of sp³-hybridized carbons (Fsp3) is 0.286. The van der Waals surface area contributed by atoms with Crippen molar-refractivity contribution in [2.24, 2.45) is 7.05 Å². The molecule has 1 aliphatic rings. The number of benzene rings is 1. The lowest BCUT2D eigenvalue weighted by Crippen LogP contribution is -2.65. The van der Waals surface area contributed by atoms with E-state index in [9.17, 15) is 17.6 Å². The van der Waals surface area contributed by atoms with E-state index in [2.05, 4.69) is 15.4 Å². The molecule has 4 rings (SSSR count). The number of hydrogen-bond acceptors (Lipinski definition) is 5. The first-order valence-electron chi connectivity index (χ1n) is 9.76. The van der Waals surface area contributed by atoms with Gasteiger partial charge >= 0.3 is 0 Å². The summed E-state index contributed by atoms with van der Waals surface area (Å²) in [6.07, 6.45) is 4.10. The van der Waals surface area contributed by atoms with Gasteiger partial charge in [-0.3, -0.25) is 14.5 Å². The van der Waals surface area contributed by atoms with Crippen LogP contribution < -0.4 is 5.32 Å². The van der Waals surface area contributed by atoms with Crippen LogP contribution in [-0.2, 0) is 22.5 Å². The summed E-state index contributed by atoms with van der Waals surface area (Å²) in [5.74, 6) is -0.993. The maximum atomic E-state index is 14.6. The zero-order valence-corrected chi connectivity index (χ0v) is 19.0. The standard InChI is InChI=1S/C21H21ClFN5O3S/c1-14-5-6-16(17(22)8-14)20(29)25-11-21(19-18(23)4-3-7-24-19)12-28(13-21)32(30,31)15-9-26-27(2)10-15/h3-10H,11-13H2,1-2H3,(H,25,29). The fourth-order valence-electron chi connectivity index (χ4n) is 3.75. The first kappa shape index (κ1) is 22.4. The molecule has 8 nitrogen and oxygen atoms in total. The number of halogens is 2. The minimum atomic E-state index is -3.81. The number of sulfonamides is 1. The smallest absolute Gasteiger partial charge is 0.252 e. The Bertz CT molecular complexity index is 1290. The molecular formula is C21H21ClFN5O3S. The SMILES string of the molecule is Cc1ccc(C(=O)NCC2(c3ncccc3F)CN(S(=O)(=O)c3cnn(C)c3)C2)c(Cl)c1. The van der Waals surface area contributed by atoms with Crippen LogP contribution in [0, 0.1) is 12.7 Å². The molecule has 168 valence electrons. The van der Waals surface area contributed by atoms with Gasteiger partial charge in [0, 0.05) is 39.1 Å². The number of nitrogens with one attached hydrogen (secondary N) is 1. The van der Waals surface area contributed by atoms with Gasteiger partial charge in [0.05, 0.1) is 27.9 Å². The summed E-state index contributed by atoms with van der Waals surface area (Å²) in [6, 6.07) is 7.78. The van der Waals surface area contributed by atoms with E-state index in [4.69, 9.17) is 11.6 Å². The molecule has 3 heterocycles. The normalized spacial score (nSPS) is 15.9. The molecule has 0 aliphatic carbocycles. The minimum absolute atomic E-state index is 0.0109. The van der Waals surface area contributed by atoms with Crippen LogP contribution in [0.15, 0.2) is 53.8 Å². The van der Waals surface area contributed by atoms with Gasteiger partial charge in [-0.1, -0.05) is 17.7 Å². The Morgan fingerprint density at radius 3 is 2.69 bits per heavy atom. The van der Waals surface area contributed by atoms with Crippen LogP contribution in [0.4, 0.5) is 4.39 Å². The molecular weight excluding hydrogens is 457 g/mol. The third-order valence-corrected chi connectivity index (χ3v) is 7.55. The van der Waals surface area contributed by atoms with Crippen molar-refractivity contribution in [3.8, 4) is 0 Å². The van der Waals surface area contributed by atoms with Gasteiger partial charge in [0.1, 0.15) is 10.7 Å². The number of pyridine rings is 1. The molecule has 1 N–H and O–H groups in total. The summed E-state index contributed by atoms with van der Waals surface area (Å²) in [4.78, 5) is 16.9. The summed E-state index contributed by atoms with van der Waals surface area (Å²) in [5, 5.41) is 6.99. The first-order valence-corrected chi connectivity index (χ1v) is 11.6. The van der Waals surface area contributed by atoms with Crippen molar-refractivity contribution < 1.29 is 17.6 Å². The molecule has 1 aromatic carbocycles. The van der Waals surface area contributed by atoms with Crippen molar-refractivity contribution in [1.29, 1.82) is 0 Å². The van der Waals surface area contributed by atoms with Gasteiger partial charge in [-0.05, 0) is 36.8 Å². The summed E-state index contributed by atoms with van der Waals surface area (Å²) >= 11 is 6.19. The number of aryl methyl sites for hydroxylation is 2. The van der Waals surface area contributed by atoms with Gasteiger partial charge in [-0.25, -0.2) is 12.8 Å². The molecule has 0 spiro atoms. The lowest BCUT2D eigenvalue weighted by Gasteiger charge is -2.48. The van der Waals surface area contributed by atoms with E-state index in [1.807, 2.05) is 6.92 Å². The largest absolute Gasteiger partial charge is 0.351 e. The van der Waals surface area contributed by atoms with Crippen molar-refractivity contribution in [3.05, 3.63) is 76.6 Å². The Kier molecular flexibility index (Phi) is 5.78. The quantitative estimate of drug-likeness (QED) is 0.587. The highest BCUT2D eigenvalue weighted by Crippen LogP contribution is 2.38. The highest BCUT2D eigenvalue weighted by atomic mass is 35.5. The molecule has 1 aliphatic heterocycles. The molecule has 0 bridgehead atoms. The lowest BCUT2D eigenvalue weighted by molar-refractivity contribution is 0.0895. The molecule has 1 saturated heterocycles. The lowest BCUT2D eigenvalue weighted by atomic mass is 9.77. The zero-order chi connectivity index (χ0) is 23.1. The van der Waals surface area contributed by atoms with Crippen LogP contribution in [0.1, 0.15) is 21.6 Å². The van der Waals surface area contributed by atoms with E-state index < -0.39 is 27.2 Å². The van der Waals surface area contributed by atoms with Gasteiger partial charge < -0.3 is 5.32 Å². The molecule has 2 aromatic heterocycles. The van der Waals surface area contributed by atoms with E-state index >= 15 is 0 Å². The van der Waals surface area contributed by atoms with Crippen LogP contribution in [-0.4, -0.2) is 53.0 Å². The van der Waals surface area contributed by atoms with Gasteiger partial charge in [-0.2, -0.15) is 9.40 Å². The van der Waals surface area contributed by atoms with Crippen LogP contribution in [0.3, 0.4) is 0 Å². The maximum Gasteiger partial charge on any atom is 0.252 e. The van der Waals surface area contributed by atoms with Crippen molar-refractivity contribution in [3.63, 3.8) is 0 Å². The number of nitrogens with zero attached hydrogens (tertiary/aromatic N) is 4. The van der Waals surface area contributed by atoms with E-state index in [-0.39, 0.29) is 35.8 Å². The molecule has 1 amide bonds. The molecule has 0 unspecified atom stereocenters. The van der Waals surface area contributed by atoms with Crippen molar-refractivity contribution in [2.45, 2.75) is 17.2 Å². The number of hydrogen-bond donors (Lipinski definition) is 1. The van der Waals surface area contributed by atoms with Gasteiger partial charge in [0.2, 0.25) is 10.0 Å². The van der Waals surface area contributed by atoms with E-state index in [0.717, 1.165) is 5.56 Å². The van der Waals surface area contributed by atoms with Crippen LogP contribution >= 0.6 is 11.6 Å². The fourth-order valence-corrected chi connectivity index (χ4v) is 5.67. The van der Waals surface area contributed by atoms with E-state index in [0.29, 0.717) is 5.02 Å². The number of carbonyl (C=O) groups excluding carboxylic acids is 1. The predicted molar refractivity (Wildman–Crippen MR) is 116 cm³/mol. The number of aromatic nitrogens is 3. The Hall–Kier alpha value is -2.82. The molecule has 1 fully saturated rings. The second kappa shape index (κ2) is 8.27. The third kappa shape index (κ3) is 4.01. The number of rotatable bonds is 6. The van der Waals surface area contributed by atoms with Crippen LogP contribution in [0.2, 0.25) is 5.02 Å². The summed E-state index contributed by atoms with van der Waals surface area (Å²) in [5.41, 5.74) is 0.280. The molecule has 32 heavy (non-hydrogen) atoms. The molecule has 0 saturated carbocycles. The number of amides is 1.